The van der Waals surface area contributed by atoms with Crippen molar-refractivity contribution in [3.05, 3.63) is 33.9 Å². The van der Waals surface area contributed by atoms with Gasteiger partial charge in [-0.1, -0.05) is 0 Å². The number of imide groups is 1. The predicted molar refractivity (Wildman–Crippen MR) is 73.9 cm³/mol. The number of nitro groups is 1. The molecule has 8 nitrogen and oxygen atoms in total. The van der Waals surface area contributed by atoms with Crippen LogP contribution in [0.3, 0.4) is 0 Å². The lowest BCUT2D eigenvalue weighted by Crippen LogP contribution is -2.53. The third-order valence-corrected chi connectivity index (χ3v) is 3.59. The Morgan fingerprint density at radius 2 is 1.95 bits per heavy atom. The van der Waals surface area contributed by atoms with Gasteiger partial charge in [0.05, 0.1) is 4.92 Å². The second kappa shape index (κ2) is 5.92. The standard InChI is InChI=1S/C12H11N3O5S/c1-21-7-2-3-9(15(19)20)8(4-7)12(18)14-5-10(16)13-11(17)6-14/h2-4H,5-6H2,1H3,(H,13,16,17). The van der Waals surface area contributed by atoms with Crippen molar-refractivity contribution in [2.75, 3.05) is 19.3 Å². The molecule has 0 spiro atoms. The van der Waals surface area contributed by atoms with Crippen LogP contribution < -0.4 is 5.32 Å². The molecule has 0 aliphatic carbocycles. The smallest absolute Gasteiger partial charge is 0.282 e. The van der Waals surface area contributed by atoms with Crippen LogP contribution in [0, 0.1) is 10.1 Å². The highest BCUT2D eigenvalue weighted by Gasteiger charge is 2.31. The van der Waals surface area contributed by atoms with Crippen LogP contribution in [0.15, 0.2) is 23.1 Å². The van der Waals surface area contributed by atoms with Gasteiger partial charge >= 0.3 is 0 Å². The summed E-state index contributed by atoms with van der Waals surface area (Å²) in [5.41, 5.74) is -0.481. The summed E-state index contributed by atoms with van der Waals surface area (Å²) in [6, 6.07) is 4.17. The second-order valence-corrected chi connectivity index (χ2v) is 5.15. The lowest BCUT2D eigenvalue weighted by Gasteiger charge is -2.25. The Bertz CT molecular complexity index is 630. The van der Waals surface area contributed by atoms with E-state index >= 15 is 0 Å². The first-order valence-electron chi connectivity index (χ1n) is 5.86. The zero-order valence-electron chi connectivity index (χ0n) is 11.0. The largest absolute Gasteiger partial charge is 0.320 e. The van der Waals surface area contributed by atoms with E-state index in [0.717, 1.165) is 4.90 Å². The van der Waals surface area contributed by atoms with E-state index in [1.54, 1.807) is 6.26 Å². The SMILES string of the molecule is CSc1ccc([N+](=O)[O-])c(C(=O)N2CC(=O)NC(=O)C2)c1. The molecule has 1 aromatic carbocycles. The molecule has 1 aliphatic rings. The van der Waals surface area contributed by atoms with Crippen LogP contribution in [0.25, 0.3) is 0 Å². The van der Waals surface area contributed by atoms with Gasteiger partial charge in [0.1, 0.15) is 18.7 Å². The first-order valence-corrected chi connectivity index (χ1v) is 7.09. The Hall–Kier alpha value is -2.42. The third-order valence-electron chi connectivity index (χ3n) is 2.87. The first kappa shape index (κ1) is 15.0. The normalized spacial score (nSPS) is 14.8. The molecular weight excluding hydrogens is 298 g/mol. The summed E-state index contributed by atoms with van der Waals surface area (Å²) in [5, 5.41) is 13.1. The van der Waals surface area contributed by atoms with Gasteiger partial charge in [0, 0.05) is 11.0 Å². The van der Waals surface area contributed by atoms with Crippen molar-refractivity contribution in [3.63, 3.8) is 0 Å². The number of nitrogens with one attached hydrogen (secondary N) is 1. The molecule has 110 valence electrons. The number of thioether (sulfide) groups is 1. The summed E-state index contributed by atoms with van der Waals surface area (Å²) in [6.45, 7) is -0.601. The zero-order chi connectivity index (χ0) is 15.6. The first-order chi connectivity index (χ1) is 9.92. The molecule has 1 aliphatic heterocycles. The lowest BCUT2D eigenvalue weighted by atomic mass is 10.1. The van der Waals surface area contributed by atoms with Crippen LogP contribution in [0.2, 0.25) is 0 Å². The van der Waals surface area contributed by atoms with Crippen LogP contribution >= 0.6 is 11.8 Å². The molecule has 0 bridgehead atoms. The number of piperazine rings is 1. The Morgan fingerprint density at radius 1 is 1.33 bits per heavy atom. The third kappa shape index (κ3) is 3.19. The summed E-state index contributed by atoms with van der Waals surface area (Å²) in [6.07, 6.45) is 1.77. The van der Waals surface area contributed by atoms with E-state index < -0.39 is 22.6 Å². The van der Waals surface area contributed by atoms with Crippen molar-refractivity contribution in [2.45, 2.75) is 4.90 Å². The monoisotopic (exact) mass is 309 g/mol. The molecule has 9 heteroatoms. The maximum absolute atomic E-state index is 12.4. The van der Waals surface area contributed by atoms with Gasteiger partial charge in [0.25, 0.3) is 11.6 Å². The number of nitro benzene ring substituents is 1. The number of rotatable bonds is 3. The van der Waals surface area contributed by atoms with Crippen molar-refractivity contribution >= 4 is 35.2 Å². The van der Waals surface area contributed by atoms with Crippen molar-refractivity contribution in [1.82, 2.24) is 10.2 Å². The highest BCUT2D eigenvalue weighted by Crippen LogP contribution is 2.26. The number of carbonyl (C=O) groups excluding carboxylic acids is 3. The summed E-state index contributed by atoms with van der Waals surface area (Å²) in [5.74, 6) is -1.92. The number of amides is 3. The van der Waals surface area contributed by atoms with Crippen LogP contribution in [-0.4, -0.2) is 46.9 Å². The molecule has 1 saturated heterocycles. The van der Waals surface area contributed by atoms with Gasteiger partial charge in [-0.3, -0.25) is 29.8 Å². The maximum Gasteiger partial charge on any atom is 0.282 e. The topological polar surface area (TPSA) is 110 Å². The Balaban J connectivity index is 2.39. The molecule has 0 saturated carbocycles. The van der Waals surface area contributed by atoms with Crippen LogP contribution in [0.4, 0.5) is 5.69 Å². The van der Waals surface area contributed by atoms with Gasteiger partial charge in [0.2, 0.25) is 11.8 Å². The molecule has 1 aromatic rings. The second-order valence-electron chi connectivity index (χ2n) is 4.27. The molecule has 0 radical (unpaired) electrons. The minimum atomic E-state index is -0.708. The molecule has 1 N–H and O–H groups in total. The molecule has 1 fully saturated rings. The Morgan fingerprint density at radius 3 is 2.48 bits per heavy atom. The van der Waals surface area contributed by atoms with Gasteiger partial charge < -0.3 is 4.90 Å². The fraction of sp³-hybridized carbons (Fsp3) is 0.250. The average Bonchev–Trinajstić information content (AvgIpc) is 2.44. The van der Waals surface area contributed by atoms with Gasteiger partial charge in [-0.05, 0) is 18.4 Å². The number of carbonyl (C=O) groups is 3. The summed E-state index contributed by atoms with van der Waals surface area (Å²) in [7, 11) is 0. The summed E-state index contributed by atoms with van der Waals surface area (Å²) < 4.78 is 0. The van der Waals surface area contributed by atoms with Crippen molar-refractivity contribution in [1.29, 1.82) is 0 Å². The molecule has 0 atom stereocenters. The van der Waals surface area contributed by atoms with Crippen molar-refractivity contribution in [2.24, 2.45) is 0 Å². The number of nitrogens with zero attached hydrogens (tertiary/aromatic N) is 2. The minimum absolute atomic E-state index is 0.130. The summed E-state index contributed by atoms with van der Waals surface area (Å²) >= 11 is 1.33. The fourth-order valence-electron chi connectivity index (χ4n) is 1.92. The highest BCUT2D eigenvalue weighted by molar-refractivity contribution is 7.98. The van der Waals surface area contributed by atoms with E-state index in [0.29, 0.717) is 4.90 Å². The van der Waals surface area contributed by atoms with Crippen LogP contribution in [0.1, 0.15) is 10.4 Å². The van der Waals surface area contributed by atoms with E-state index in [2.05, 4.69) is 5.32 Å². The van der Waals surface area contributed by atoms with Crippen LogP contribution in [-0.2, 0) is 9.59 Å². The lowest BCUT2D eigenvalue weighted by molar-refractivity contribution is -0.385. The molecule has 3 amide bonds. The average molecular weight is 309 g/mol. The van der Waals surface area contributed by atoms with E-state index in [1.165, 1.54) is 30.0 Å². The van der Waals surface area contributed by atoms with Gasteiger partial charge in [-0.25, -0.2) is 0 Å². The molecule has 2 rings (SSSR count). The van der Waals surface area contributed by atoms with E-state index in [1.807, 2.05) is 0 Å². The maximum atomic E-state index is 12.4. The van der Waals surface area contributed by atoms with Crippen molar-refractivity contribution < 1.29 is 19.3 Å². The molecule has 21 heavy (non-hydrogen) atoms. The van der Waals surface area contributed by atoms with Gasteiger partial charge in [-0.15, -0.1) is 11.8 Å². The minimum Gasteiger partial charge on any atom is -0.320 e. The molecule has 0 unspecified atom stereocenters. The number of hydrogen-bond acceptors (Lipinski definition) is 6. The Kier molecular flexibility index (Phi) is 4.22. The number of benzene rings is 1. The van der Waals surface area contributed by atoms with Gasteiger partial charge in [0.15, 0.2) is 0 Å². The van der Waals surface area contributed by atoms with Gasteiger partial charge in [-0.2, -0.15) is 0 Å². The van der Waals surface area contributed by atoms with E-state index in [-0.39, 0.29) is 24.3 Å². The fourth-order valence-corrected chi connectivity index (χ4v) is 2.36. The predicted octanol–water partition coefficient (Wildman–Crippen LogP) is 0.415. The quantitative estimate of drug-likeness (QED) is 0.375. The Labute approximate surface area is 123 Å². The molecule has 0 aromatic heterocycles. The molecular formula is C12H11N3O5S. The van der Waals surface area contributed by atoms with Crippen LogP contribution in [0.5, 0.6) is 0 Å². The van der Waals surface area contributed by atoms with E-state index in [4.69, 9.17) is 0 Å². The highest BCUT2D eigenvalue weighted by atomic mass is 32.2. The van der Waals surface area contributed by atoms with E-state index in [9.17, 15) is 24.5 Å². The number of hydrogen-bond donors (Lipinski definition) is 1. The molecule has 1 heterocycles. The zero-order valence-corrected chi connectivity index (χ0v) is 11.8. The summed E-state index contributed by atoms with van der Waals surface area (Å²) in [4.78, 5) is 47.0. The van der Waals surface area contributed by atoms with Crippen molar-refractivity contribution in [3.8, 4) is 0 Å².